The Bertz CT molecular complexity index is 66.1. The van der Waals surface area contributed by atoms with E-state index in [9.17, 15) is 0 Å². The largest absolute Gasteiger partial charge is 0.269 e. The van der Waals surface area contributed by atoms with E-state index in [4.69, 9.17) is 0 Å². The number of hydrogen-bond donors (Lipinski definition) is 1. The summed E-state index contributed by atoms with van der Waals surface area (Å²) in [6.45, 7) is 0. The third-order valence-corrected chi connectivity index (χ3v) is 0.538. The van der Waals surface area contributed by atoms with Gasteiger partial charge < -0.3 is 0 Å². The molecule has 1 aliphatic rings. The van der Waals surface area contributed by atoms with Crippen LogP contribution in [0.3, 0.4) is 0 Å². The highest BCUT2D eigenvalue weighted by atomic mass is 32.1. The number of thiol groups is 1. The van der Waals surface area contributed by atoms with Gasteiger partial charge in [-0.3, -0.25) is 4.99 Å². The van der Waals surface area contributed by atoms with E-state index in [1.54, 1.807) is 12.5 Å². The maximum atomic E-state index is 3.78. The van der Waals surface area contributed by atoms with E-state index >= 15 is 0 Å². The fourth-order valence-corrected chi connectivity index (χ4v) is 0.304. The summed E-state index contributed by atoms with van der Waals surface area (Å²) < 4.78 is 0. The van der Waals surface area contributed by atoms with Gasteiger partial charge in [0.15, 0.2) is 0 Å². The smallest absolute Gasteiger partial charge is 0.0227 e. The quantitative estimate of drug-likeness (QED) is 0.459. The summed E-state index contributed by atoms with van der Waals surface area (Å²) >= 11 is 3.53. The molecule has 1 aliphatic heterocycles. The molecule has 0 unspecified atom stereocenters. The van der Waals surface area contributed by atoms with Gasteiger partial charge in [-0.2, -0.15) is 12.6 Å². The Hall–Kier alpha value is -0.240. The molecular weight excluding hydrogens is 106 g/mol. The second kappa shape index (κ2) is 5.76. The fourth-order valence-electron chi connectivity index (χ4n) is 0.304. The first kappa shape index (κ1) is 6.76. The van der Waals surface area contributed by atoms with Crippen molar-refractivity contribution >= 4 is 18.8 Å². The van der Waals surface area contributed by atoms with Gasteiger partial charge in [0.1, 0.15) is 0 Å². The number of aliphatic imine (C=N–C) groups is 1. The van der Waals surface area contributed by atoms with E-state index in [-0.39, 0.29) is 0 Å². The molecule has 0 radical (unpaired) electrons. The second-order valence-electron chi connectivity index (χ2n) is 0.952. The Labute approximate surface area is 49.6 Å². The van der Waals surface area contributed by atoms with E-state index in [2.05, 4.69) is 17.6 Å². The van der Waals surface area contributed by atoms with E-state index in [0.717, 1.165) is 6.42 Å². The third kappa shape index (κ3) is 3.59. The van der Waals surface area contributed by atoms with Crippen LogP contribution < -0.4 is 0 Å². The molecule has 0 amide bonds. The van der Waals surface area contributed by atoms with E-state index in [1.165, 1.54) is 0 Å². The fraction of sp³-hybridized carbons (Fsp3) is 0.400. The second-order valence-corrected chi connectivity index (χ2v) is 0.952. The number of rotatable bonds is 0. The van der Waals surface area contributed by atoms with Crippen LogP contribution in [0, 0.1) is 0 Å². The molecule has 0 aliphatic carbocycles. The van der Waals surface area contributed by atoms with Crippen LogP contribution in [0.15, 0.2) is 17.3 Å². The number of nitrogens with zero attached hydrogens (tertiary/aromatic N) is 1. The summed E-state index contributed by atoms with van der Waals surface area (Å²) in [4.78, 5) is 3.78. The monoisotopic (exact) mass is 115 g/mol. The molecule has 0 aromatic rings. The molecule has 0 spiro atoms. The van der Waals surface area contributed by atoms with E-state index in [0.29, 0.717) is 0 Å². The minimum atomic E-state index is 1.03. The minimum Gasteiger partial charge on any atom is -0.269 e. The summed E-state index contributed by atoms with van der Waals surface area (Å²) in [6, 6.07) is 0. The molecule has 0 aromatic carbocycles. The zero-order chi connectivity index (χ0) is 5.54. The Morgan fingerprint density at radius 2 is 2.29 bits per heavy atom. The van der Waals surface area contributed by atoms with E-state index in [1.807, 2.05) is 12.3 Å². The van der Waals surface area contributed by atoms with Crippen molar-refractivity contribution in [1.82, 2.24) is 0 Å². The Morgan fingerprint density at radius 1 is 1.57 bits per heavy atom. The number of hydrogen-bond acceptors (Lipinski definition) is 2. The Balaban J connectivity index is 0.000000162. The molecule has 0 N–H and O–H groups in total. The normalized spacial score (nSPS) is 13.4. The van der Waals surface area contributed by atoms with Crippen molar-refractivity contribution < 1.29 is 0 Å². The van der Waals surface area contributed by atoms with Gasteiger partial charge in [-0.1, -0.05) is 6.08 Å². The zero-order valence-electron chi connectivity index (χ0n) is 4.33. The molecule has 2 heteroatoms. The van der Waals surface area contributed by atoms with Gasteiger partial charge >= 0.3 is 0 Å². The predicted octanol–water partition coefficient (Wildman–Crippen LogP) is 1.52. The van der Waals surface area contributed by atoms with Gasteiger partial charge in [0.25, 0.3) is 0 Å². The molecule has 7 heavy (non-hydrogen) atoms. The first-order valence-electron chi connectivity index (χ1n) is 2.11. The van der Waals surface area contributed by atoms with Crippen molar-refractivity contribution in [3.05, 3.63) is 12.3 Å². The lowest BCUT2D eigenvalue weighted by Gasteiger charge is -1.54. The maximum Gasteiger partial charge on any atom is 0.0227 e. The molecule has 40 valence electrons. The highest BCUT2D eigenvalue weighted by Gasteiger charge is 1.73. The van der Waals surface area contributed by atoms with Gasteiger partial charge in [0.2, 0.25) is 0 Å². The maximum absolute atomic E-state index is 3.78. The van der Waals surface area contributed by atoms with Gasteiger partial charge in [0.05, 0.1) is 0 Å². The SMILES string of the molecule is C1=CN=CC1.CS. The predicted molar refractivity (Wildman–Crippen MR) is 37.2 cm³/mol. The van der Waals surface area contributed by atoms with Crippen LogP contribution in [0.25, 0.3) is 0 Å². The topological polar surface area (TPSA) is 12.4 Å². The molecule has 1 heterocycles. The van der Waals surface area contributed by atoms with Crippen LogP contribution in [0.2, 0.25) is 0 Å². The van der Waals surface area contributed by atoms with Gasteiger partial charge in [-0.15, -0.1) is 0 Å². The van der Waals surface area contributed by atoms with Crippen LogP contribution in [0.5, 0.6) is 0 Å². The third-order valence-electron chi connectivity index (χ3n) is 0.538. The molecule has 1 nitrogen and oxygen atoms in total. The molecule has 0 saturated carbocycles. The van der Waals surface area contributed by atoms with Crippen molar-refractivity contribution in [3.8, 4) is 0 Å². The van der Waals surface area contributed by atoms with Crippen molar-refractivity contribution in [2.24, 2.45) is 4.99 Å². The van der Waals surface area contributed by atoms with E-state index < -0.39 is 0 Å². The van der Waals surface area contributed by atoms with Crippen LogP contribution in [0.1, 0.15) is 6.42 Å². The van der Waals surface area contributed by atoms with Crippen molar-refractivity contribution in [3.63, 3.8) is 0 Å². The highest BCUT2D eigenvalue weighted by molar-refractivity contribution is 7.79. The summed E-state index contributed by atoms with van der Waals surface area (Å²) in [5.74, 6) is 0. The summed E-state index contributed by atoms with van der Waals surface area (Å²) in [5.41, 5.74) is 0. The summed E-state index contributed by atoms with van der Waals surface area (Å²) in [5, 5.41) is 0. The standard InChI is InChI=1S/C4H5N.CH4S/c1-2-4-5-3-1;1-2/h1,3-4H,2H2;2H,1H3. The van der Waals surface area contributed by atoms with Crippen molar-refractivity contribution in [2.75, 3.05) is 6.26 Å². The minimum absolute atomic E-state index is 1.03. The molecular formula is C5H9NS. The molecule has 0 atom stereocenters. The average molecular weight is 115 g/mol. The van der Waals surface area contributed by atoms with Gasteiger partial charge in [-0.05, 0) is 6.26 Å². The van der Waals surface area contributed by atoms with Crippen molar-refractivity contribution in [1.29, 1.82) is 0 Å². The Kier molecular flexibility index (Phi) is 5.56. The highest BCUT2D eigenvalue weighted by Crippen LogP contribution is 1.86. The van der Waals surface area contributed by atoms with Crippen molar-refractivity contribution in [2.45, 2.75) is 6.42 Å². The molecule has 1 rings (SSSR count). The Morgan fingerprint density at radius 3 is 2.43 bits per heavy atom. The van der Waals surface area contributed by atoms with Gasteiger partial charge in [0, 0.05) is 18.8 Å². The lowest BCUT2D eigenvalue weighted by Crippen LogP contribution is -1.51. The summed E-state index contributed by atoms with van der Waals surface area (Å²) in [7, 11) is 0. The molecule has 0 bridgehead atoms. The molecule has 0 aromatic heterocycles. The first-order chi connectivity index (χ1) is 3.50. The lowest BCUT2D eigenvalue weighted by molar-refractivity contribution is 1.60. The van der Waals surface area contributed by atoms with Crippen LogP contribution in [0.4, 0.5) is 0 Å². The zero-order valence-corrected chi connectivity index (χ0v) is 5.23. The van der Waals surface area contributed by atoms with Gasteiger partial charge in [-0.25, -0.2) is 0 Å². The van der Waals surface area contributed by atoms with Crippen LogP contribution >= 0.6 is 12.6 Å². The van der Waals surface area contributed by atoms with Crippen LogP contribution in [-0.2, 0) is 0 Å². The average Bonchev–Trinajstić information content (AvgIpc) is 2.23. The first-order valence-corrected chi connectivity index (χ1v) is 3.01. The van der Waals surface area contributed by atoms with Crippen LogP contribution in [-0.4, -0.2) is 12.5 Å². The molecule has 0 fully saturated rings. The summed E-state index contributed by atoms with van der Waals surface area (Å²) in [6.07, 6.45) is 8.42. The molecule has 0 saturated heterocycles. The number of allylic oxidation sites excluding steroid dienone is 1. The lowest BCUT2D eigenvalue weighted by atomic mass is 10.5.